The molecule has 4 fully saturated rings. The molecule has 0 saturated heterocycles. The number of hydrogen-bond donors (Lipinski definition) is 2. The predicted molar refractivity (Wildman–Crippen MR) is 106 cm³/mol. The Morgan fingerprint density at radius 3 is 2.34 bits per heavy atom. The van der Waals surface area contributed by atoms with Crippen LogP contribution >= 0.6 is 0 Å². The molecule has 0 spiro atoms. The molecule has 4 aliphatic rings. The number of hydrogen-bond acceptors (Lipinski definition) is 4. The molecule has 4 nitrogen and oxygen atoms in total. The first-order valence-corrected chi connectivity index (χ1v) is 11.7. The van der Waals surface area contributed by atoms with Gasteiger partial charge in [0.2, 0.25) is 0 Å². The van der Waals surface area contributed by atoms with Crippen molar-refractivity contribution in [3.05, 3.63) is 0 Å². The van der Waals surface area contributed by atoms with Crippen LogP contribution in [0.3, 0.4) is 0 Å². The first-order chi connectivity index (χ1) is 13.2. The van der Waals surface area contributed by atoms with E-state index in [1.165, 1.54) is 25.7 Å². The molecule has 4 saturated carbocycles. The van der Waals surface area contributed by atoms with Gasteiger partial charge in [0.25, 0.3) is 0 Å². The summed E-state index contributed by atoms with van der Waals surface area (Å²) in [5, 5.41) is 32.2. The molecule has 4 unspecified atom stereocenters. The molecule has 0 amide bonds. The predicted octanol–water partition coefficient (Wildman–Crippen LogP) is 0.147. The number of carboxylic acid groups (broad SMARTS) is 1. The molecule has 0 aromatic heterocycles. The van der Waals surface area contributed by atoms with E-state index in [9.17, 15) is 20.1 Å². The third-order valence-corrected chi connectivity index (χ3v) is 10.2. The van der Waals surface area contributed by atoms with Gasteiger partial charge in [-0.25, -0.2) is 0 Å². The molecule has 0 bridgehead atoms. The fourth-order valence-electron chi connectivity index (χ4n) is 8.80. The van der Waals surface area contributed by atoms with Crippen molar-refractivity contribution in [1.82, 2.24) is 0 Å². The minimum Gasteiger partial charge on any atom is -0.550 e. The molecule has 160 valence electrons. The van der Waals surface area contributed by atoms with Gasteiger partial charge in [0.05, 0.1) is 12.2 Å². The van der Waals surface area contributed by atoms with E-state index in [1.54, 1.807) is 0 Å². The third kappa shape index (κ3) is 3.99. The summed E-state index contributed by atoms with van der Waals surface area (Å²) >= 11 is 0. The van der Waals surface area contributed by atoms with E-state index in [1.807, 2.05) is 0 Å². The molecular formula is C24H39NaO4. The Morgan fingerprint density at radius 1 is 1.00 bits per heavy atom. The van der Waals surface area contributed by atoms with E-state index in [0.717, 1.165) is 32.1 Å². The standard InChI is InChI=1S/C24H40O4.Na/c1-14(4-7-22(27)28)17-5-6-18-16-13-21(26)20-12-15(25)8-10-24(20,3)19(16)9-11-23(17,18)2;/h14-21,25-26H,4-13H2,1-3H3,(H,27,28);/q;+1/p-1/t14-,15-,16?,17-,18?,19?,20?,21+,23-,24-;/m1./s1. The van der Waals surface area contributed by atoms with Gasteiger partial charge in [-0.2, -0.15) is 0 Å². The summed E-state index contributed by atoms with van der Waals surface area (Å²) in [4.78, 5) is 10.9. The van der Waals surface area contributed by atoms with Crippen LogP contribution in [0.5, 0.6) is 0 Å². The summed E-state index contributed by atoms with van der Waals surface area (Å²) in [6.45, 7) is 7.11. The SMILES string of the molecule is C[C@H](CCC(=O)[O-])[C@H]1CCC2C3C[C@H](O)C4C[C@H](O)CC[C@]4(C)C3CC[C@@]21C.[Na+]. The Labute approximate surface area is 198 Å². The second-order valence-electron chi connectivity index (χ2n) is 11.3. The average molecular weight is 415 g/mol. The number of carboxylic acids is 1. The second kappa shape index (κ2) is 8.73. The van der Waals surface area contributed by atoms with Gasteiger partial charge in [-0.05, 0) is 111 Å². The fraction of sp³-hybridized carbons (Fsp3) is 0.958. The van der Waals surface area contributed by atoms with Crippen LogP contribution in [0.25, 0.3) is 0 Å². The number of carbonyl (C=O) groups is 1. The Hall–Kier alpha value is 0.390. The van der Waals surface area contributed by atoms with Gasteiger partial charge in [0.15, 0.2) is 0 Å². The topological polar surface area (TPSA) is 80.6 Å². The molecule has 2 N–H and O–H groups in total. The van der Waals surface area contributed by atoms with Crippen molar-refractivity contribution in [2.75, 3.05) is 0 Å². The van der Waals surface area contributed by atoms with Crippen LogP contribution in [0.15, 0.2) is 0 Å². The van der Waals surface area contributed by atoms with E-state index in [0.29, 0.717) is 29.6 Å². The minimum atomic E-state index is -0.927. The van der Waals surface area contributed by atoms with Gasteiger partial charge >= 0.3 is 29.6 Å². The fourth-order valence-corrected chi connectivity index (χ4v) is 8.80. The summed E-state index contributed by atoms with van der Waals surface area (Å²) < 4.78 is 0. The zero-order chi connectivity index (χ0) is 20.3. The summed E-state index contributed by atoms with van der Waals surface area (Å²) in [5.74, 6) is 2.25. The van der Waals surface area contributed by atoms with Crippen molar-refractivity contribution in [3.8, 4) is 0 Å². The maximum Gasteiger partial charge on any atom is 1.00 e. The molecule has 5 heteroatoms. The maximum absolute atomic E-state index is 11.1. The Morgan fingerprint density at radius 2 is 1.66 bits per heavy atom. The number of aliphatic hydroxyl groups excluding tert-OH is 2. The largest absolute Gasteiger partial charge is 1.00 e. The molecule has 0 aliphatic heterocycles. The monoisotopic (exact) mass is 414 g/mol. The summed E-state index contributed by atoms with van der Waals surface area (Å²) in [6, 6.07) is 0. The summed E-state index contributed by atoms with van der Waals surface area (Å²) in [6.07, 6.45) is 8.88. The summed E-state index contributed by atoms with van der Waals surface area (Å²) in [7, 11) is 0. The first kappa shape index (κ1) is 24.0. The average Bonchev–Trinajstić information content (AvgIpc) is 2.99. The minimum absolute atomic E-state index is 0. The molecule has 0 radical (unpaired) electrons. The van der Waals surface area contributed by atoms with E-state index >= 15 is 0 Å². The third-order valence-electron chi connectivity index (χ3n) is 10.2. The van der Waals surface area contributed by atoms with Crippen molar-refractivity contribution in [2.45, 2.75) is 97.2 Å². The van der Waals surface area contributed by atoms with Crippen molar-refractivity contribution >= 4 is 5.97 Å². The molecule has 4 aliphatic carbocycles. The normalized spacial score (nSPS) is 49.9. The zero-order valence-corrected chi connectivity index (χ0v) is 20.9. The van der Waals surface area contributed by atoms with Crippen LogP contribution in [-0.2, 0) is 4.79 Å². The van der Waals surface area contributed by atoms with E-state index < -0.39 is 5.97 Å². The van der Waals surface area contributed by atoms with Crippen LogP contribution in [0, 0.1) is 46.3 Å². The molecule has 0 aromatic rings. The number of fused-ring (bicyclic) bond motifs is 5. The Balaban J connectivity index is 0.00000240. The Bertz CT molecular complexity index is 612. The van der Waals surface area contributed by atoms with Gasteiger partial charge in [-0.3, -0.25) is 0 Å². The van der Waals surface area contributed by atoms with Gasteiger partial charge < -0.3 is 20.1 Å². The number of aliphatic carboxylic acids is 1. The van der Waals surface area contributed by atoms with Crippen LogP contribution in [0.2, 0.25) is 0 Å². The summed E-state index contributed by atoms with van der Waals surface area (Å²) in [5.41, 5.74) is 0.450. The molecular weight excluding hydrogens is 375 g/mol. The number of rotatable bonds is 4. The van der Waals surface area contributed by atoms with Crippen molar-refractivity contribution in [1.29, 1.82) is 0 Å². The number of carbonyl (C=O) groups excluding carboxylic acids is 1. The van der Waals surface area contributed by atoms with Crippen molar-refractivity contribution in [3.63, 3.8) is 0 Å². The van der Waals surface area contributed by atoms with E-state index in [4.69, 9.17) is 0 Å². The smallest absolute Gasteiger partial charge is 0.550 e. The first-order valence-electron chi connectivity index (χ1n) is 11.7. The van der Waals surface area contributed by atoms with Gasteiger partial charge in [-0.15, -0.1) is 0 Å². The quantitative estimate of drug-likeness (QED) is 0.642. The van der Waals surface area contributed by atoms with Crippen LogP contribution < -0.4 is 34.7 Å². The van der Waals surface area contributed by atoms with Gasteiger partial charge in [0.1, 0.15) is 0 Å². The molecule has 0 heterocycles. The van der Waals surface area contributed by atoms with Crippen LogP contribution in [0.4, 0.5) is 0 Å². The van der Waals surface area contributed by atoms with Crippen LogP contribution in [0.1, 0.15) is 85.0 Å². The van der Waals surface area contributed by atoms with E-state index in [2.05, 4.69) is 20.8 Å². The van der Waals surface area contributed by atoms with Crippen LogP contribution in [-0.4, -0.2) is 28.4 Å². The number of aliphatic hydroxyl groups is 2. The van der Waals surface area contributed by atoms with Gasteiger partial charge in [0, 0.05) is 5.97 Å². The van der Waals surface area contributed by atoms with Crippen molar-refractivity contribution < 1.29 is 49.7 Å². The van der Waals surface area contributed by atoms with Crippen molar-refractivity contribution in [2.24, 2.45) is 46.3 Å². The molecule has 10 atom stereocenters. The zero-order valence-electron chi connectivity index (χ0n) is 18.9. The Kier molecular flexibility index (Phi) is 7.24. The van der Waals surface area contributed by atoms with E-state index in [-0.39, 0.29) is 64.9 Å². The second-order valence-corrected chi connectivity index (χ2v) is 11.3. The molecule has 0 aromatic carbocycles. The molecule has 29 heavy (non-hydrogen) atoms. The molecule has 4 rings (SSSR count). The maximum atomic E-state index is 11.1. The van der Waals surface area contributed by atoms with Gasteiger partial charge in [-0.1, -0.05) is 20.8 Å².